The van der Waals surface area contributed by atoms with Gasteiger partial charge in [-0.05, 0) is 24.6 Å². The van der Waals surface area contributed by atoms with Crippen LogP contribution in [0.2, 0.25) is 0 Å². The van der Waals surface area contributed by atoms with E-state index in [-0.39, 0.29) is 24.0 Å². The predicted octanol–water partition coefficient (Wildman–Crippen LogP) is 3.41. The summed E-state index contributed by atoms with van der Waals surface area (Å²) in [6.07, 6.45) is 4.45. The van der Waals surface area contributed by atoms with Crippen LogP contribution < -0.4 is 5.32 Å². The van der Waals surface area contributed by atoms with Gasteiger partial charge < -0.3 is 10.2 Å². The molecule has 28 heavy (non-hydrogen) atoms. The second-order valence-corrected chi connectivity index (χ2v) is 6.77. The summed E-state index contributed by atoms with van der Waals surface area (Å²) in [5, 5.41) is 3.44. The Kier molecular flexibility index (Phi) is 9.43. The van der Waals surface area contributed by atoms with E-state index in [4.69, 9.17) is 0 Å². The van der Waals surface area contributed by atoms with Crippen molar-refractivity contribution < 1.29 is 0 Å². The van der Waals surface area contributed by atoms with Crippen LogP contribution in [-0.2, 0) is 6.54 Å². The van der Waals surface area contributed by atoms with E-state index in [0.717, 1.165) is 50.1 Å². The monoisotopic (exact) mass is 491 g/mol. The van der Waals surface area contributed by atoms with Gasteiger partial charge in [0.25, 0.3) is 0 Å². The summed E-state index contributed by atoms with van der Waals surface area (Å²) in [5.74, 6) is 0.956. The molecule has 0 bridgehead atoms. The van der Waals surface area contributed by atoms with Crippen LogP contribution in [0.5, 0.6) is 0 Å². The van der Waals surface area contributed by atoms with Gasteiger partial charge in [-0.15, -0.1) is 24.0 Å². The molecule has 1 N–H and O–H groups in total. The first-order chi connectivity index (χ1) is 13.2. The maximum Gasteiger partial charge on any atom is 0.194 e. The van der Waals surface area contributed by atoms with Gasteiger partial charge in [-0.1, -0.05) is 48.6 Å². The van der Waals surface area contributed by atoms with E-state index in [2.05, 4.69) is 61.5 Å². The van der Waals surface area contributed by atoms with Crippen LogP contribution in [0.15, 0.2) is 59.6 Å². The second-order valence-electron chi connectivity index (χ2n) is 6.77. The van der Waals surface area contributed by atoms with Crippen molar-refractivity contribution in [3.8, 4) is 0 Å². The summed E-state index contributed by atoms with van der Waals surface area (Å²) in [4.78, 5) is 13.8. The Morgan fingerprint density at radius 1 is 1.07 bits per heavy atom. The molecule has 1 aromatic heterocycles. The van der Waals surface area contributed by atoms with Crippen LogP contribution >= 0.6 is 24.0 Å². The quantitative estimate of drug-likeness (QED) is 0.396. The number of aromatic nitrogens is 1. The van der Waals surface area contributed by atoms with Crippen LogP contribution in [-0.4, -0.2) is 60.5 Å². The van der Waals surface area contributed by atoms with Crippen LogP contribution in [0.4, 0.5) is 0 Å². The number of hydrogen-bond acceptors (Lipinski definition) is 3. The highest BCUT2D eigenvalue weighted by atomic mass is 127. The van der Waals surface area contributed by atoms with Crippen molar-refractivity contribution in [2.45, 2.75) is 13.5 Å². The topological polar surface area (TPSA) is 43.8 Å². The van der Waals surface area contributed by atoms with E-state index >= 15 is 0 Å². The molecule has 150 valence electrons. The van der Waals surface area contributed by atoms with Gasteiger partial charge >= 0.3 is 0 Å². The van der Waals surface area contributed by atoms with Crippen molar-refractivity contribution in [3.63, 3.8) is 0 Å². The molecule has 1 aliphatic rings. The van der Waals surface area contributed by atoms with E-state index in [1.165, 1.54) is 5.56 Å². The molecule has 1 aromatic carbocycles. The molecule has 6 heteroatoms. The number of piperazine rings is 1. The molecule has 0 atom stereocenters. The molecule has 0 amide bonds. The zero-order valence-corrected chi connectivity index (χ0v) is 19.0. The van der Waals surface area contributed by atoms with Crippen LogP contribution in [0.1, 0.15) is 17.0 Å². The zero-order valence-electron chi connectivity index (χ0n) is 16.7. The van der Waals surface area contributed by atoms with Gasteiger partial charge in [0.05, 0.1) is 12.2 Å². The van der Waals surface area contributed by atoms with Crippen molar-refractivity contribution in [1.29, 1.82) is 0 Å². The smallest absolute Gasteiger partial charge is 0.194 e. The molecule has 0 aliphatic carbocycles. The molecule has 2 aromatic rings. The first kappa shape index (κ1) is 22.4. The highest BCUT2D eigenvalue weighted by Crippen LogP contribution is 2.05. The molecular formula is C22H30IN5. The van der Waals surface area contributed by atoms with E-state index in [9.17, 15) is 0 Å². The van der Waals surface area contributed by atoms with Crippen molar-refractivity contribution in [2.75, 3.05) is 39.8 Å². The number of aliphatic imine (C=N–C) groups is 1. The Hall–Kier alpha value is -1.93. The maximum atomic E-state index is 4.54. The lowest BCUT2D eigenvalue weighted by molar-refractivity contribution is 0.194. The van der Waals surface area contributed by atoms with Gasteiger partial charge in [0.2, 0.25) is 0 Å². The molecule has 0 radical (unpaired) electrons. The molecule has 3 rings (SSSR count). The summed E-state index contributed by atoms with van der Waals surface area (Å²) in [6.45, 7) is 7.77. The standard InChI is InChI=1S/C22H29N5.HI/c1-19-8-6-12-21(25-19)18-24-22(23-2)27-16-14-26(15-17-27)13-7-11-20-9-4-3-5-10-20;/h3-12H,13-18H2,1-2H3,(H,23,24);1H/b11-7+;. The Morgan fingerprint density at radius 2 is 1.82 bits per heavy atom. The molecule has 0 unspecified atom stereocenters. The molecule has 0 saturated carbocycles. The molecular weight excluding hydrogens is 461 g/mol. The fourth-order valence-electron chi connectivity index (χ4n) is 3.24. The second kappa shape index (κ2) is 11.8. The van der Waals surface area contributed by atoms with Crippen LogP contribution in [0.25, 0.3) is 6.08 Å². The van der Waals surface area contributed by atoms with E-state index in [1.54, 1.807) is 0 Å². The van der Waals surface area contributed by atoms with Crippen molar-refractivity contribution in [2.24, 2.45) is 4.99 Å². The van der Waals surface area contributed by atoms with Crippen molar-refractivity contribution in [3.05, 3.63) is 71.6 Å². The normalized spacial score (nSPS) is 15.5. The van der Waals surface area contributed by atoms with Gasteiger partial charge in [-0.25, -0.2) is 0 Å². The summed E-state index contributed by atoms with van der Waals surface area (Å²) >= 11 is 0. The van der Waals surface area contributed by atoms with Crippen LogP contribution in [0, 0.1) is 6.92 Å². The summed E-state index contributed by atoms with van der Waals surface area (Å²) in [7, 11) is 1.85. The number of benzene rings is 1. The lowest BCUT2D eigenvalue weighted by Gasteiger charge is -2.36. The number of aryl methyl sites for hydroxylation is 1. The first-order valence-electron chi connectivity index (χ1n) is 9.56. The third-order valence-electron chi connectivity index (χ3n) is 4.73. The number of nitrogens with zero attached hydrogens (tertiary/aromatic N) is 4. The van der Waals surface area contributed by atoms with E-state index in [0.29, 0.717) is 6.54 Å². The minimum absolute atomic E-state index is 0. The number of rotatable bonds is 5. The highest BCUT2D eigenvalue weighted by Gasteiger charge is 2.18. The minimum Gasteiger partial charge on any atom is -0.351 e. The van der Waals surface area contributed by atoms with Crippen molar-refractivity contribution >= 4 is 36.0 Å². The van der Waals surface area contributed by atoms with Gasteiger partial charge in [0, 0.05) is 45.5 Å². The van der Waals surface area contributed by atoms with E-state index in [1.807, 2.05) is 38.2 Å². The SMILES string of the molecule is CN=C(NCc1cccc(C)n1)N1CCN(C/C=C/c2ccccc2)CC1.I. The Morgan fingerprint density at radius 3 is 2.50 bits per heavy atom. The molecule has 1 aliphatic heterocycles. The number of guanidine groups is 1. The van der Waals surface area contributed by atoms with Gasteiger partial charge in [0.1, 0.15) is 0 Å². The van der Waals surface area contributed by atoms with Gasteiger partial charge in [0.15, 0.2) is 5.96 Å². The first-order valence-corrected chi connectivity index (χ1v) is 9.56. The minimum atomic E-state index is 0. The number of pyridine rings is 1. The Balaban J connectivity index is 0.00000280. The van der Waals surface area contributed by atoms with Crippen molar-refractivity contribution in [1.82, 2.24) is 20.1 Å². The summed E-state index contributed by atoms with van der Waals surface area (Å²) in [6, 6.07) is 16.6. The number of halogens is 1. The molecule has 0 spiro atoms. The predicted molar refractivity (Wildman–Crippen MR) is 128 cm³/mol. The fourth-order valence-corrected chi connectivity index (χ4v) is 3.24. The zero-order chi connectivity index (χ0) is 18.9. The average Bonchev–Trinajstić information content (AvgIpc) is 2.70. The Labute approximate surface area is 185 Å². The Bertz CT molecular complexity index is 768. The highest BCUT2D eigenvalue weighted by molar-refractivity contribution is 14.0. The third-order valence-corrected chi connectivity index (χ3v) is 4.73. The third kappa shape index (κ3) is 6.91. The molecule has 1 saturated heterocycles. The summed E-state index contributed by atoms with van der Waals surface area (Å²) in [5.41, 5.74) is 3.34. The number of hydrogen-bond donors (Lipinski definition) is 1. The average molecular weight is 491 g/mol. The molecule has 2 heterocycles. The lowest BCUT2D eigenvalue weighted by Crippen LogP contribution is -2.52. The largest absolute Gasteiger partial charge is 0.351 e. The molecule has 5 nitrogen and oxygen atoms in total. The fraction of sp³-hybridized carbons (Fsp3) is 0.364. The van der Waals surface area contributed by atoms with Crippen LogP contribution in [0.3, 0.4) is 0 Å². The maximum absolute atomic E-state index is 4.54. The molecule has 1 fully saturated rings. The van der Waals surface area contributed by atoms with Gasteiger partial charge in [-0.2, -0.15) is 0 Å². The van der Waals surface area contributed by atoms with E-state index < -0.39 is 0 Å². The van der Waals surface area contributed by atoms with Gasteiger partial charge in [-0.3, -0.25) is 14.9 Å². The lowest BCUT2D eigenvalue weighted by atomic mass is 10.2. The summed E-state index contributed by atoms with van der Waals surface area (Å²) < 4.78 is 0. The number of nitrogens with one attached hydrogen (secondary N) is 1.